The van der Waals surface area contributed by atoms with Gasteiger partial charge in [0.05, 0.1) is 12.1 Å². The first-order valence-electron chi connectivity index (χ1n) is 6.69. The number of ether oxygens (including phenoxy) is 1. The first-order chi connectivity index (χ1) is 8.65. The van der Waals surface area contributed by atoms with Gasteiger partial charge in [-0.15, -0.1) is 0 Å². The Morgan fingerprint density at radius 2 is 2.17 bits per heavy atom. The van der Waals surface area contributed by atoms with Crippen molar-refractivity contribution < 1.29 is 4.74 Å². The second-order valence-electron chi connectivity index (χ2n) is 5.41. The fraction of sp³-hybridized carbons (Fsp3) is 0.600. The van der Waals surface area contributed by atoms with Crippen LogP contribution < -0.4 is 10.5 Å². The third kappa shape index (κ3) is 2.81. The van der Waals surface area contributed by atoms with Gasteiger partial charge in [0.15, 0.2) is 0 Å². The van der Waals surface area contributed by atoms with Gasteiger partial charge in [0.2, 0.25) is 0 Å². The van der Waals surface area contributed by atoms with E-state index in [0.29, 0.717) is 16.9 Å². The van der Waals surface area contributed by atoms with Crippen LogP contribution in [-0.4, -0.2) is 13.7 Å². The number of rotatable bonds is 3. The summed E-state index contributed by atoms with van der Waals surface area (Å²) in [7, 11) is 1.66. The summed E-state index contributed by atoms with van der Waals surface area (Å²) in [6.07, 6.45) is 3.74. The van der Waals surface area contributed by atoms with Crippen molar-refractivity contribution in [2.45, 2.75) is 32.1 Å². The van der Waals surface area contributed by atoms with Crippen molar-refractivity contribution in [2.24, 2.45) is 17.6 Å². The summed E-state index contributed by atoms with van der Waals surface area (Å²) >= 11 is 6.08. The van der Waals surface area contributed by atoms with Crippen molar-refractivity contribution in [1.82, 2.24) is 0 Å². The lowest BCUT2D eigenvalue weighted by Gasteiger charge is -2.34. The van der Waals surface area contributed by atoms with Gasteiger partial charge in [-0.25, -0.2) is 0 Å². The Labute approximate surface area is 114 Å². The van der Waals surface area contributed by atoms with E-state index in [0.717, 1.165) is 18.2 Å². The van der Waals surface area contributed by atoms with E-state index < -0.39 is 0 Å². The average Bonchev–Trinajstić information content (AvgIpc) is 2.39. The van der Waals surface area contributed by atoms with Gasteiger partial charge in [-0.3, -0.25) is 0 Å². The Bertz CT molecular complexity index is 407. The highest BCUT2D eigenvalue weighted by atomic mass is 35.5. The number of nitrogens with two attached hydrogens (primary N) is 1. The smallest absolute Gasteiger partial charge is 0.137 e. The van der Waals surface area contributed by atoms with Crippen LogP contribution in [0.4, 0.5) is 0 Å². The van der Waals surface area contributed by atoms with Crippen LogP contribution in [0, 0.1) is 11.8 Å². The van der Waals surface area contributed by atoms with E-state index in [9.17, 15) is 0 Å². The molecule has 1 aromatic rings. The van der Waals surface area contributed by atoms with Crippen molar-refractivity contribution in [2.75, 3.05) is 13.7 Å². The summed E-state index contributed by atoms with van der Waals surface area (Å²) in [5, 5.41) is 0.675. The summed E-state index contributed by atoms with van der Waals surface area (Å²) in [6.45, 7) is 3.09. The molecule has 0 amide bonds. The van der Waals surface area contributed by atoms with E-state index in [-0.39, 0.29) is 0 Å². The van der Waals surface area contributed by atoms with Crippen molar-refractivity contribution in [3.05, 3.63) is 28.8 Å². The van der Waals surface area contributed by atoms with Crippen LogP contribution in [0.15, 0.2) is 18.2 Å². The molecule has 2 rings (SSSR count). The zero-order valence-electron chi connectivity index (χ0n) is 11.2. The quantitative estimate of drug-likeness (QED) is 0.903. The van der Waals surface area contributed by atoms with Gasteiger partial charge in [0.1, 0.15) is 5.75 Å². The average molecular weight is 268 g/mol. The number of benzene rings is 1. The molecular formula is C15H22ClNO. The number of hydrogen-bond donors (Lipinski definition) is 1. The summed E-state index contributed by atoms with van der Waals surface area (Å²) in [5.74, 6) is 2.68. The fourth-order valence-electron chi connectivity index (χ4n) is 3.04. The van der Waals surface area contributed by atoms with E-state index in [1.165, 1.54) is 24.8 Å². The minimum absolute atomic E-state index is 0.546. The van der Waals surface area contributed by atoms with E-state index in [1.54, 1.807) is 7.11 Å². The molecule has 0 aromatic heterocycles. The second kappa shape index (κ2) is 5.94. The van der Waals surface area contributed by atoms with Crippen LogP contribution in [0.2, 0.25) is 5.02 Å². The van der Waals surface area contributed by atoms with Crippen LogP contribution in [0.25, 0.3) is 0 Å². The number of hydrogen-bond acceptors (Lipinski definition) is 2. The standard InChI is InChI=1S/C15H22ClNO/c1-10-3-4-12(9-17)13(7-10)11-5-6-14(16)15(8-11)18-2/h5-6,8,10,12-13H,3-4,7,9,17H2,1-2H3. The summed E-state index contributed by atoms with van der Waals surface area (Å²) in [6, 6.07) is 6.13. The normalized spacial score (nSPS) is 28.1. The SMILES string of the molecule is COc1cc(C2CC(C)CCC2CN)ccc1Cl. The summed E-state index contributed by atoms with van der Waals surface area (Å²) in [5.41, 5.74) is 7.24. The van der Waals surface area contributed by atoms with Crippen LogP contribution in [-0.2, 0) is 0 Å². The van der Waals surface area contributed by atoms with Gasteiger partial charge in [0.25, 0.3) is 0 Å². The minimum atomic E-state index is 0.546. The van der Waals surface area contributed by atoms with E-state index in [4.69, 9.17) is 22.1 Å². The molecule has 3 atom stereocenters. The van der Waals surface area contributed by atoms with Gasteiger partial charge in [-0.05, 0) is 54.8 Å². The maximum absolute atomic E-state index is 6.08. The Kier molecular flexibility index (Phi) is 4.52. The monoisotopic (exact) mass is 267 g/mol. The molecule has 1 aliphatic rings. The highest BCUT2D eigenvalue weighted by Crippen LogP contribution is 2.41. The molecule has 2 nitrogen and oxygen atoms in total. The van der Waals surface area contributed by atoms with Gasteiger partial charge in [-0.2, -0.15) is 0 Å². The Morgan fingerprint density at radius 3 is 2.83 bits per heavy atom. The van der Waals surface area contributed by atoms with Crippen molar-refractivity contribution in [3.63, 3.8) is 0 Å². The van der Waals surface area contributed by atoms with Gasteiger partial charge in [-0.1, -0.05) is 31.0 Å². The maximum atomic E-state index is 6.08. The zero-order valence-corrected chi connectivity index (χ0v) is 11.9. The maximum Gasteiger partial charge on any atom is 0.137 e. The Morgan fingerprint density at radius 1 is 1.39 bits per heavy atom. The molecular weight excluding hydrogens is 246 g/mol. The fourth-order valence-corrected chi connectivity index (χ4v) is 3.24. The third-order valence-electron chi connectivity index (χ3n) is 4.16. The second-order valence-corrected chi connectivity index (χ2v) is 5.82. The van der Waals surface area contributed by atoms with Crippen molar-refractivity contribution in [1.29, 1.82) is 0 Å². The molecule has 1 aliphatic carbocycles. The molecule has 0 bridgehead atoms. The predicted molar refractivity (Wildman–Crippen MR) is 76.3 cm³/mol. The Balaban J connectivity index is 2.27. The molecule has 3 unspecified atom stereocenters. The molecule has 18 heavy (non-hydrogen) atoms. The zero-order chi connectivity index (χ0) is 13.1. The Hall–Kier alpha value is -0.730. The van der Waals surface area contributed by atoms with Crippen molar-refractivity contribution >= 4 is 11.6 Å². The first-order valence-corrected chi connectivity index (χ1v) is 7.07. The molecule has 0 spiro atoms. The molecule has 0 aliphatic heterocycles. The molecule has 1 aromatic carbocycles. The van der Waals surface area contributed by atoms with Gasteiger partial charge < -0.3 is 10.5 Å². The predicted octanol–water partition coefficient (Wildman–Crippen LogP) is 3.83. The highest BCUT2D eigenvalue weighted by Gasteiger charge is 2.29. The molecule has 3 heteroatoms. The summed E-state index contributed by atoms with van der Waals surface area (Å²) < 4.78 is 5.31. The van der Waals surface area contributed by atoms with Crippen LogP contribution in [0.3, 0.4) is 0 Å². The number of methoxy groups -OCH3 is 1. The first kappa shape index (κ1) is 13.7. The molecule has 1 saturated carbocycles. The van der Waals surface area contributed by atoms with Gasteiger partial charge >= 0.3 is 0 Å². The minimum Gasteiger partial charge on any atom is -0.495 e. The van der Waals surface area contributed by atoms with E-state index in [1.807, 2.05) is 6.07 Å². The lowest BCUT2D eigenvalue weighted by molar-refractivity contribution is 0.253. The van der Waals surface area contributed by atoms with Crippen LogP contribution in [0.5, 0.6) is 5.75 Å². The molecule has 0 saturated heterocycles. The lowest BCUT2D eigenvalue weighted by Crippen LogP contribution is -2.28. The molecule has 2 N–H and O–H groups in total. The van der Waals surface area contributed by atoms with Crippen LogP contribution >= 0.6 is 11.6 Å². The molecule has 0 heterocycles. The highest BCUT2D eigenvalue weighted by molar-refractivity contribution is 6.32. The topological polar surface area (TPSA) is 35.2 Å². The molecule has 0 radical (unpaired) electrons. The van der Waals surface area contributed by atoms with Crippen LogP contribution in [0.1, 0.15) is 37.7 Å². The largest absolute Gasteiger partial charge is 0.495 e. The van der Waals surface area contributed by atoms with E-state index in [2.05, 4.69) is 19.1 Å². The summed E-state index contributed by atoms with van der Waals surface area (Å²) in [4.78, 5) is 0. The van der Waals surface area contributed by atoms with Gasteiger partial charge in [0, 0.05) is 0 Å². The third-order valence-corrected chi connectivity index (χ3v) is 4.47. The number of halogens is 1. The molecule has 100 valence electrons. The molecule has 1 fully saturated rings. The van der Waals surface area contributed by atoms with E-state index >= 15 is 0 Å². The van der Waals surface area contributed by atoms with Crippen molar-refractivity contribution in [3.8, 4) is 5.75 Å². The lowest BCUT2D eigenvalue weighted by atomic mass is 9.71.